The first kappa shape index (κ1) is 5.83. The van der Waals surface area contributed by atoms with Crippen LogP contribution in [0.25, 0.3) is 11.2 Å². The summed E-state index contributed by atoms with van der Waals surface area (Å²) in [5.74, 6) is -0.0208. The van der Waals surface area contributed by atoms with Crippen molar-refractivity contribution in [2.24, 2.45) is 5.18 Å². The van der Waals surface area contributed by atoms with E-state index in [0.29, 0.717) is 11.2 Å². The van der Waals surface area contributed by atoms with E-state index in [-0.39, 0.29) is 5.82 Å². The second-order valence-corrected chi connectivity index (χ2v) is 1.81. The van der Waals surface area contributed by atoms with Crippen molar-refractivity contribution in [3.05, 3.63) is 11.2 Å². The average molecular weight is 150 g/mol. The highest BCUT2D eigenvalue weighted by molar-refractivity contribution is 5.79. The maximum absolute atomic E-state index is 10.1. The Kier molecular flexibility index (Phi) is 1.08. The van der Waals surface area contributed by atoms with Gasteiger partial charge in [-0.25, -0.2) is 4.98 Å². The van der Waals surface area contributed by atoms with Crippen LogP contribution in [0.5, 0.6) is 0 Å². The first-order valence-corrected chi connectivity index (χ1v) is 2.77. The number of aromatic nitrogens is 5. The molecule has 0 unspecified atom stereocenters. The van der Waals surface area contributed by atoms with Crippen LogP contribution in [0.1, 0.15) is 0 Å². The molecule has 7 heteroatoms. The van der Waals surface area contributed by atoms with E-state index >= 15 is 0 Å². The smallest absolute Gasteiger partial charge is 0.247 e. The number of aromatic amines is 1. The van der Waals surface area contributed by atoms with Crippen LogP contribution in [0.15, 0.2) is 11.5 Å². The predicted molar refractivity (Wildman–Crippen MR) is 34.9 cm³/mol. The zero-order valence-electron chi connectivity index (χ0n) is 5.22. The van der Waals surface area contributed by atoms with E-state index in [4.69, 9.17) is 0 Å². The van der Waals surface area contributed by atoms with Gasteiger partial charge in [0.15, 0.2) is 0 Å². The molecule has 2 rings (SSSR count). The third kappa shape index (κ3) is 0.741. The minimum atomic E-state index is -0.0208. The number of hydrogen-bond acceptors (Lipinski definition) is 6. The van der Waals surface area contributed by atoms with Crippen molar-refractivity contribution >= 4 is 17.0 Å². The lowest BCUT2D eigenvalue weighted by atomic mass is 10.5. The molecule has 54 valence electrons. The van der Waals surface area contributed by atoms with Crippen molar-refractivity contribution in [2.75, 3.05) is 0 Å². The molecule has 7 nitrogen and oxygen atoms in total. The summed E-state index contributed by atoms with van der Waals surface area (Å²) in [6.45, 7) is 0. The van der Waals surface area contributed by atoms with Crippen LogP contribution >= 0.6 is 0 Å². The van der Waals surface area contributed by atoms with Crippen molar-refractivity contribution in [1.82, 2.24) is 25.4 Å². The first-order chi connectivity index (χ1) is 5.42. The molecule has 0 fully saturated rings. The van der Waals surface area contributed by atoms with Gasteiger partial charge in [0.2, 0.25) is 11.5 Å². The molecule has 0 amide bonds. The minimum absolute atomic E-state index is 0.0208. The van der Waals surface area contributed by atoms with Gasteiger partial charge in [-0.2, -0.15) is 0 Å². The Morgan fingerprint density at radius 1 is 1.45 bits per heavy atom. The molecule has 1 N–H and O–H groups in total. The summed E-state index contributed by atoms with van der Waals surface area (Å²) in [7, 11) is 0. The van der Waals surface area contributed by atoms with Gasteiger partial charge in [-0.3, -0.25) is 0 Å². The van der Waals surface area contributed by atoms with Crippen LogP contribution in [-0.4, -0.2) is 25.4 Å². The molecule has 0 atom stereocenters. The molecule has 2 aromatic heterocycles. The summed E-state index contributed by atoms with van der Waals surface area (Å²) < 4.78 is 0. The van der Waals surface area contributed by atoms with Crippen LogP contribution in [0.3, 0.4) is 0 Å². The summed E-state index contributed by atoms with van der Waals surface area (Å²) in [6, 6.07) is 0. The lowest BCUT2D eigenvalue weighted by Crippen LogP contribution is -1.87. The Bertz CT molecular complexity index is 394. The quantitative estimate of drug-likeness (QED) is 0.583. The Morgan fingerprint density at radius 3 is 3.18 bits per heavy atom. The van der Waals surface area contributed by atoms with E-state index in [9.17, 15) is 4.91 Å². The van der Waals surface area contributed by atoms with E-state index in [1.54, 1.807) is 0 Å². The molecular formula is C4H2N6O. The van der Waals surface area contributed by atoms with Crippen molar-refractivity contribution in [3.63, 3.8) is 0 Å². The Morgan fingerprint density at radius 2 is 2.36 bits per heavy atom. The van der Waals surface area contributed by atoms with Gasteiger partial charge in [-0.1, -0.05) is 0 Å². The fourth-order valence-electron chi connectivity index (χ4n) is 0.748. The van der Waals surface area contributed by atoms with Crippen molar-refractivity contribution in [2.45, 2.75) is 0 Å². The normalized spacial score (nSPS) is 10.2. The molecule has 0 aliphatic rings. The highest BCUT2D eigenvalue weighted by atomic mass is 16.3. The Hall–Kier alpha value is -1.92. The molecule has 2 heterocycles. The average Bonchev–Trinajstić information content (AvgIpc) is 2.50. The Balaban J connectivity index is 2.88. The van der Waals surface area contributed by atoms with Gasteiger partial charge in [0.05, 0.1) is 6.33 Å². The Labute approximate surface area is 59.8 Å². The van der Waals surface area contributed by atoms with E-state index < -0.39 is 0 Å². The highest BCUT2D eigenvalue weighted by Gasteiger charge is 2.05. The number of H-pyrrole nitrogens is 1. The molecule has 11 heavy (non-hydrogen) atoms. The van der Waals surface area contributed by atoms with Crippen LogP contribution in [0.2, 0.25) is 0 Å². The van der Waals surface area contributed by atoms with E-state index in [1.807, 2.05) is 0 Å². The number of rotatable bonds is 1. The molecule has 0 aliphatic carbocycles. The second kappa shape index (κ2) is 2.04. The lowest BCUT2D eigenvalue weighted by molar-refractivity contribution is 0.887. The standard InChI is InChI=1S/C4H2N6O/c11-9-4-2-3(6-1-5-2)7-10-8-4/h1H,(H,5,6,7,8). The topological polar surface area (TPSA) is 96.8 Å². The summed E-state index contributed by atoms with van der Waals surface area (Å²) in [6.07, 6.45) is 1.40. The maximum Gasteiger partial charge on any atom is 0.247 e. The second-order valence-electron chi connectivity index (χ2n) is 1.81. The van der Waals surface area contributed by atoms with Crippen LogP contribution < -0.4 is 0 Å². The number of fused-ring (bicyclic) bond motifs is 1. The van der Waals surface area contributed by atoms with Crippen molar-refractivity contribution in [3.8, 4) is 0 Å². The fourth-order valence-corrected chi connectivity index (χ4v) is 0.748. The molecule has 0 aromatic carbocycles. The number of nitroso groups, excluding NO2 is 1. The van der Waals surface area contributed by atoms with Gasteiger partial charge < -0.3 is 4.98 Å². The largest absolute Gasteiger partial charge is 0.340 e. The molecule has 0 spiro atoms. The monoisotopic (exact) mass is 150 g/mol. The van der Waals surface area contributed by atoms with Gasteiger partial charge >= 0.3 is 0 Å². The predicted octanol–water partition coefficient (Wildman–Crippen LogP) is 0.146. The van der Waals surface area contributed by atoms with Crippen molar-refractivity contribution in [1.29, 1.82) is 0 Å². The zero-order valence-corrected chi connectivity index (χ0v) is 5.22. The summed E-state index contributed by atoms with van der Waals surface area (Å²) in [5, 5.41) is 12.8. The third-order valence-electron chi connectivity index (χ3n) is 1.21. The zero-order chi connectivity index (χ0) is 7.68. The summed E-state index contributed by atoms with van der Waals surface area (Å²) in [4.78, 5) is 16.5. The highest BCUT2D eigenvalue weighted by Crippen LogP contribution is 2.15. The van der Waals surface area contributed by atoms with Gasteiger partial charge in [0, 0.05) is 0 Å². The SMILES string of the molecule is O=Nc1nnnc2nc[nH]c12. The van der Waals surface area contributed by atoms with Crippen molar-refractivity contribution < 1.29 is 0 Å². The lowest BCUT2D eigenvalue weighted by Gasteiger charge is -1.84. The van der Waals surface area contributed by atoms with Gasteiger partial charge in [-0.05, 0) is 10.4 Å². The molecule has 0 aliphatic heterocycles. The molecule has 0 saturated carbocycles. The van der Waals surface area contributed by atoms with Crippen LogP contribution in [-0.2, 0) is 0 Å². The summed E-state index contributed by atoms with van der Waals surface area (Å²) >= 11 is 0. The van der Waals surface area contributed by atoms with Crippen LogP contribution in [0.4, 0.5) is 5.82 Å². The maximum atomic E-state index is 10.1. The number of nitrogens with one attached hydrogen (secondary N) is 1. The molecule has 0 bridgehead atoms. The number of nitrogens with zero attached hydrogens (tertiary/aromatic N) is 5. The van der Waals surface area contributed by atoms with Gasteiger partial charge in [0.1, 0.15) is 5.52 Å². The van der Waals surface area contributed by atoms with E-state index in [1.165, 1.54) is 6.33 Å². The van der Waals surface area contributed by atoms with Gasteiger partial charge in [0.25, 0.3) is 0 Å². The number of hydrogen-bond donors (Lipinski definition) is 1. The molecule has 0 saturated heterocycles. The minimum Gasteiger partial charge on any atom is -0.340 e. The van der Waals surface area contributed by atoms with E-state index in [2.05, 4.69) is 30.6 Å². The molecule has 2 aromatic rings. The van der Waals surface area contributed by atoms with Crippen LogP contribution in [0, 0.1) is 4.91 Å². The summed E-state index contributed by atoms with van der Waals surface area (Å²) in [5.41, 5.74) is 0.754. The molecule has 0 radical (unpaired) electrons. The number of imidazole rings is 1. The molecular weight excluding hydrogens is 148 g/mol. The van der Waals surface area contributed by atoms with E-state index in [0.717, 1.165) is 0 Å². The third-order valence-corrected chi connectivity index (χ3v) is 1.21. The van der Waals surface area contributed by atoms with Gasteiger partial charge in [-0.15, -0.1) is 15.1 Å². The fraction of sp³-hybridized carbons (Fsp3) is 0. The first-order valence-electron chi connectivity index (χ1n) is 2.77.